The van der Waals surface area contributed by atoms with Gasteiger partial charge in [0.25, 0.3) is 0 Å². The van der Waals surface area contributed by atoms with Gasteiger partial charge in [0.15, 0.2) is 0 Å². The van der Waals surface area contributed by atoms with E-state index in [0.29, 0.717) is 5.92 Å². The van der Waals surface area contributed by atoms with E-state index in [1.807, 2.05) is 0 Å². The molecule has 1 heteroatoms. The Balaban J connectivity index is 3.62. The summed E-state index contributed by atoms with van der Waals surface area (Å²) >= 11 is 5.21. The molecule has 49 valence electrons. The van der Waals surface area contributed by atoms with Crippen molar-refractivity contribution >= 4 is 12.6 Å². The Hall–Kier alpha value is 0.350. The lowest BCUT2D eigenvalue weighted by Crippen LogP contribution is -2.20. The monoisotopic (exact) mass is 131 g/mol. The Morgan fingerprint density at radius 2 is 1.88 bits per heavy atom. The summed E-state index contributed by atoms with van der Waals surface area (Å²) in [6, 6.07) is 0. The summed E-state index contributed by atoms with van der Waals surface area (Å²) < 4.78 is 0.0920. The predicted molar refractivity (Wildman–Crippen MR) is 41.1 cm³/mol. The lowest BCUT2D eigenvalue weighted by Gasteiger charge is -2.23. The van der Waals surface area contributed by atoms with Gasteiger partial charge in [-0.1, -0.05) is 32.9 Å². The molecular formula is C7H15S. The minimum Gasteiger partial charge on any atom is -0.0870 e. The van der Waals surface area contributed by atoms with Gasteiger partial charge in [-0.25, -0.2) is 0 Å². The van der Waals surface area contributed by atoms with Crippen molar-refractivity contribution in [1.82, 2.24) is 0 Å². The van der Waals surface area contributed by atoms with E-state index in [9.17, 15) is 0 Å². The normalized spacial score (nSPS) is 16.1. The Morgan fingerprint density at radius 1 is 1.50 bits per heavy atom. The third-order valence-corrected chi connectivity index (χ3v) is 2.20. The van der Waals surface area contributed by atoms with Crippen molar-refractivity contribution in [3.8, 4) is 0 Å². The number of rotatable bonds is 2. The molecule has 0 aromatic carbocycles. The zero-order chi connectivity index (χ0) is 6.78. The first-order chi connectivity index (χ1) is 3.48. The predicted octanol–water partition coefficient (Wildman–Crippen LogP) is 3.01. The smallest absolute Gasteiger partial charge is 0.0233 e. The Labute approximate surface area is 58.1 Å². The molecule has 0 rings (SSSR count). The summed E-state index contributed by atoms with van der Waals surface area (Å²) in [7, 11) is 0. The second-order valence-corrected chi connectivity index (χ2v) is 3.96. The number of hydrogen-bond donors (Lipinski definition) is 0. The van der Waals surface area contributed by atoms with Crippen molar-refractivity contribution in [1.29, 1.82) is 0 Å². The summed E-state index contributed by atoms with van der Waals surface area (Å²) in [5.41, 5.74) is 0. The Kier molecular flexibility index (Phi) is 2.89. The molecular weight excluding hydrogens is 116 g/mol. The van der Waals surface area contributed by atoms with Crippen molar-refractivity contribution < 1.29 is 0 Å². The van der Waals surface area contributed by atoms with Crippen LogP contribution >= 0.6 is 12.6 Å². The molecule has 0 saturated carbocycles. The Morgan fingerprint density at radius 3 is 1.88 bits per heavy atom. The van der Waals surface area contributed by atoms with Crippen molar-refractivity contribution in [2.75, 3.05) is 0 Å². The quantitative estimate of drug-likeness (QED) is 0.540. The maximum Gasteiger partial charge on any atom is 0.0233 e. The van der Waals surface area contributed by atoms with Crippen LogP contribution in [-0.2, 0) is 0 Å². The van der Waals surface area contributed by atoms with E-state index >= 15 is 0 Å². The van der Waals surface area contributed by atoms with Gasteiger partial charge >= 0.3 is 0 Å². The van der Waals surface area contributed by atoms with Gasteiger partial charge in [0, 0.05) is 4.75 Å². The van der Waals surface area contributed by atoms with Crippen LogP contribution in [0.3, 0.4) is 0 Å². The minimum absolute atomic E-state index is 0.0920. The molecule has 0 nitrogen and oxygen atoms in total. The van der Waals surface area contributed by atoms with Crippen LogP contribution in [0.25, 0.3) is 0 Å². The van der Waals surface area contributed by atoms with Gasteiger partial charge in [-0.3, -0.25) is 0 Å². The van der Waals surface area contributed by atoms with Crippen molar-refractivity contribution in [2.45, 2.75) is 38.9 Å². The molecule has 0 amide bonds. The van der Waals surface area contributed by atoms with Crippen molar-refractivity contribution in [2.24, 2.45) is 5.92 Å². The molecule has 0 aromatic heterocycles. The lowest BCUT2D eigenvalue weighted by molar-refractivity contribution is 0.451. The van der Waals surface area contributed by atoms with E-state index in [0.717, 1.165) is 0 Å². The molecule has 1 radical (unpaired) electrons. The van der Waals surface area contributed by atoms with Gasteiger partial charge in [-0.05, 0) is 19.8 Å². The van der Waals surface area contributed by atoms with Crippen LogP contribution in [0.4, 0.5) is 0 Å². The number of hydrogen-bond acceptors (Lipinski definition) is 0. The molecule has 0 N–H and O–H groups in total. The molecule has 8 heavy (non-hydrogen) atoms. The van der Waals surface area contributed by atoms with Crippen LogP contribution in [0.2, 0.25) is 0 Å². The minimum atomic E-state index is 0.0920. The van der Waals surface area contributed by atoms with E-state index in [4.69, 9.17) is 12.6 Å². The molecule has 0 bridgehead atoms. The lowest BCUT2D eigenvalue weighted by atomic mass is 9.95. The molecule has 0 aliphatic rings. The highest BCUT2D eigenvalue weighted by atomic mass is 32.1. The third kappa shape index (κ3) is 2.61. The van der Waals surface area contributed by atoms with Crippen LogP contribution in [0.15, 0.2) is 0 Å². The molecule has 0 aliphatic heterocycles. The van der Waals surface area contributed by atoms with Gasteiger partial charge in [0.2, 0.25) is 0 Å². The van der Waals surface area contributed by atoms with Crippen LogP contribution in [-0.4, -0.2) is 4.75 Å². The fourth-order valence-corrected chi connectivity index (χ4v) is 0.658. The van der Waals surface area contributed by atoms with Crippen LogP contribution in [0.1, 0.15) is 34.1 Å². The molecule has 1 unspecified atom stereocenters. The van der Waals surface area contributed by atoms with Crippen molar-refractivity contribution in [3.63, 3.8) is 0 Å². The summed E-state index contributed by atoms with van der Waals surface area (Å²) in [6.45, 7) is 8.60. The molecule has 0 saturated heterocycles. The summed E-state index contributed by atoms with van der Waals surface area (Å²) in [5, 5.41) is 0. The van der Waals surface area contributed by atoms with E-state index in [-0.39, 0.29) is 4.75 Å². The fraction of sp³-hybridized carbons (Fsp3) is 1.00. The third-order valence-electron chi connectivity index (χ3n) is 1.80. The van der Waals surface area contributed by atoms with Crippen LogP contribution < -0.4 is 0 Å². The van der Waals surface area contributed by atoms with Crippen LogP contribution in [0.5, 0.6) is 0 Å². The highest BCUT2D eigenvalue weighted by Gasteiger charge is 2.19. The van der Waals surface area contributed by atoms with Gasteiger partial charge in [-0.15, -0.1) is 0 Å². The van der Waals surface area contributed by atoms with E-state index in [1.54, 1.807) is 0 Å². The second-order valence-electron chi connectivity index (χ2n) is 2.91. The summed E-state index contributed by atoms with van der Waals surface area (Å²) in [4.78, 5) is 0. The highest BCUT2D eigenvalue weighted by Crippen LogP contribution is 2.25. The molecule has 1 atom stereocenters. The van der Waals surface area contributed by atoms with Crippen molar-refractivity contribution in [3.05, 3.63) is 0 Å². The maximum atomic E-state index is 5.21. The molecule has 0 fully saturated rings. The van der Waals surface area contributed by atoms with Gasteiger partial charge in [-0.2, -0.15) is 0 Å². The molecule has 0 spiro atoms. The second kappa shape index (κ2) is 2.77. The van der Waals surface area contributed by atoms with Gasteiger partial charge in [0.1, 0.15) is 0 Å². The molecule has 0 aromatic rings. The molecule has 0 heterocycles. The average Bonchev–Trinajstić information content (AvgIpc) is 1.62. The van der Waals surface area contributed by atoms with E-state index in [2.05, 4.69) is 27.7 Å². The fourth-order valence-electron chi connectivity index (χ4n) is 0.492. The summed E-state index contributed by atoms with van der Waals surface area (Å²) in [6.07, 6.45) is 1.19. The van der Waals surface area contributed by atoms with E-state index < -0.39 is 0 Å². The highest BCUT2D eigenvalue weighted by molar-refractivity contribution is 7.81. The molecule has 0 aliphatic carbocycles. The SMILES string of the molecule is CCC(C)C(C)(C)[S]. The van der Waals surface area contributed by atoms with Crippen LogP contribution in [0, 0.1) is 5.92 Å². The first-order valence-corrected chi connectivity index (χ1v) is 3.59. The largest absolute Gasteiger partial charge is 0.0870 e. The first-order valence-electron chi connectivity index (χ1n) is 3.19. The standard InChI is InChI=1S/C7H15S/c1-5-6(2)7(3,4)8/h6H,5H2,1-4H3. The zero-order valence-electron chi connectivity index (χ0n) is 6.19. The zero-order valence-corrected chi connectivity index (χ0v) is 7.01. The van der Waals surface area contributed by atoms with Gasteiger partial charge in [0.05, 0.1) is 0 Å². The first kappa shape index (κ1) is 8.35. The van der Waals surface area contributed by atoms with Gasteiger partial charge < -0.3 is 0 Å². The summed E-state index contributed by atoms with van der Waals surface area (Å²) in [5.74, 6) is 0.664. The topological polar surface area (TPSA) is 0 Å². The Bertz CT molecular complexity index is 61.3. The maximum absolute atomic E-state index is 5.21. The van der Waals surface area contributed by atoms with E-state index in [1.165, 1.54) is 6.42 Å². The average molecular weight is 131 g/mol.